The first-order chi connectivity index (χ1) is 12.5. The van der Waals surface area contributed by atoms with Gasteiger partial charge in [-0.2, -0.15) is 0 Å². The minimum Gasteiger partial charge on any atom is -0.347 e. The Balaban J connectivity index is 1.77. The average Bonchev–Trinajstić information content (AvgIpc) is 2.66. The lowest BCUT2D eigenvalue weighted by molar-refractivity contribution is -0.133. The molecule has 0 saturated carbocycles. The first-order valence-electron chi connectivity index (χ1n) is 9.09. The minimum atomic E-state index is -0.181. The minimum absolute atomic E-state index is 0.0270. The monoisotopic (exact) mass is 351 g/mol. The third kappa shape index (κ3) is 4.48. The van der Waals surface area contributed by atoms with Crippen molar-refractivity contribution in [3.05, 3.63) is 53.9 Å². The number of carbonyl (C=O) groups is 2. The van der Waals surface area contributed by atoms with Gasteiger partial charge in [0.15, 0.2) is 0 Å². The van der Waals surface area contributed by atoms with E-state index in [-0.39, 0.29) is 24.3 Å². The van der Waals surface area contributed by atoms with Crippen LogP contribution >= 0.6 is 0 Å². The third-order valence-electron chi connectivity index (χ3n) is 4.76. The molecule has 3 rings (SSSR count). The maximum Gasteiger partial charge on any atom is 0.241 e. The molecule has 1 fully saturated rings. The number of benzene rings is 1. The second-order valence-corrected chi connectivity index (χ2v) is 6.88. The molecule has 2 heterocycles. The quantitative estimate of drug-likeness (QED) is 0.921. The fourth-order valence-corrected chi connectivity index (χ4v) is 3.46. The van der Waals surface area contributed by atoms with Gasteiger partial charge in [0.05, 0.1) is 6.54 Å². The Bertz CT molecular complexity index is 789. The largest absolute Gasteiger partial charge is 0.347 e. The lowest BCUT2D eigenvalue weighted by Crippen LogP contribution is -2.44. The summed E-state index contributed by atoms with van der Waals surface area (Å²) in [5.74, 6) is 0.0213. The number of carbonyl (C=O) groups excluding carboxylic acids is 2. The summed E-state index contributed by atoms with van der Waals surface area (Å²) in [6.07, 6.45) is 1.97. The molecule has 1 unspecified atom stereocenters. The number of pyridine rings is 1. The number of aryl methyl sites for hydroxylation is 1. The predicted octanol–water partition coefficient (Wildman–Crippen LogP) is 2.90. The Hall–Kier alpha value is -2.69. The highest BCUT2D eigenvalue weighted by Gasteiger charge is 2.26. The van der Waals surface area contributed by atoms with Crippen LogP contribution in [0.5, 0.6) is 0 Å². The van der Waals surface area contributed by atoms with Crippen molar-refractivity contribution in [2.75, 3.05) is 19.6 Å². The van der Waals surface area contributed by atoms with Crippen molar-refractivity contribution in [2.45, 2.75) is 32.6 Å². The van der Waals surface area contributed by atoms with Gasteiger partial charge in [-0.15, -0.1) is 0 Å². The molecule has 26 heavy (non-hydrogen) atoms. The van der Waals surface area contributed by atoms with Crippen LogP contribution in [0.2, 0.25) is 0 Å². The molecule has 1 aromatic carbocycles. The Kier molecular flexibility index (Phi) is 5.66. The van der Waals surface area contributed by atoms with Gasteiger partial charge in [-0.1, -0.05) is 30.3 Å². The number of amides is 2. The Morgan fingerprint density at radius 3 is 2.69 bits per heavy atom. The molecule has 0 bridgehead atoms. The summed E-state index contributed by atoms with van der Waals surface area (Å²) in [6.45, 7) is 4.90. The van der Waals surface area contributed by atoms with Crippen molar-refractivity contribution >= 4 is 11.8 Å². The lowest BCUT2D eigenvalue weighted by atomic mass is 9.92. The highest BCUT2D eigenvalue weighted by molar-refractivity contribution is 5.83. The summed E-state index contributed by atoms with van der Waals surface area (Å²) < 4.78 is 0. The number of rotatable bonds is 4. The van der Waals surface area contributed by atoms with Crippen molar-refractivity contribution in [3.63, 3.8) is 0 Å². The highest BCUT2D eigenvalue weighted by atomic mass is 16.2. The summed E-state index contributed by atoms with van der Waals surface area (Å²) in [5.41, 5.74) is 4.37. The Labute approximate surface area is 154 Å². The van der Waals surface area contributed by atoms with Crippen LogP contribution in [0.3, 0.4) is 0 Å². The number of nitrogens with zero attached hydrogens (tertiary/aromatic N) is 2. The van der Waals surface area contributed by atoms with Crippen molar-refractivity contribution in [2.24, 2.45) is 0 Å². The predicted molar refractivity (Wildman–Crippen MR) is 102 cm³/mol. The number of hydrogen-bond acceptors (Lipinski definition) is 3. The number of aromatic nitrogens is 1. The number of likely N-dealkylation sites (tertiary alicyclic amines) is 1. The molecular weight excluding hydrogens is 326 g/mol. The second kappa shape index (κ2) is 8.13. The number of nitrogens with one attached hydrogen (secondary N) is 1. The summed E-state index contributed by atoms with van der Waals surface area (Å²) in [6, 6.07) is 14.5. The van der Waals surface area contributed by atoms with E-state index in [4.69, 9.17) is 4.98 Å². The molecule has 1 atom stereocenters. The molecule has 1 aliphatic heterocycles. The molecule has 1 aromatic heterocycles. The van der Waals surface area contributed by atoms with E-state index in [1.807, 2.05) is 30.0 Å². The topological polar surface area (TPSA) is 62.3 Å². The van der Waals surface area contributed by atoms with E-state index in [9.17, 15) is 9.59 Å². The second-order valence-electron chi connectivity index (χ2n) is 6.88. The Morgan fingerprint density at radius 1 is 1.19 bits per heavy atom. The molecule has 1 N–H and O–H groups in total. The van der Waals surface area contributed by atoms with E-state index in [0.29, 0.717) is 6.54 Å². The SMILES string of the molecule is CC(=O)NCC(=O)N1CCCC(c2cc(-c3ccccc3)cc(C)n2)C1. The average molecular weight is 351 g/mol. The van der Waals surface area contributed by atoms with Gasteiger partial charge in [0, 0.05) is 37.3 Å². The van der Waals surface area contributed by atoms with Gasteiger partial charge in [-0.05, 0) is 43.0 Å². The molecule has 2 aromatic rings. The Morgan fingerprint density at radius 2 is 1.96 bits per heavy atom. The summed E-state index contributed by atoms with van der Waals surface area (Å²) in [7, 11) is 0. The van der Waals surface area contributed by atoms with Crippen LogP contribution in [0.1, 0.15) is 37.1 Å². The normalized spacial score (nSPS) is 17.0. The zero-order valence-corrected chi connectivity index (χ0v) is 15.4. The molecule has 0 aliphatic carbocycles. The van der Waals surface area contributed by atoms with Gasteiger partial charge in [-0.3, -0.25) is 14.6 Å². The summed E-state index contributed by atoms with van der Waals surface area (Å²) in [4.78, 5) is 29.9. The fourth-order valence-electron chi connectivity index (χ4n) is 3.46. The zero-order valence-electron chi connectivity index (χ0n) is 15.4. The van der Waals surface area contributed by atoms with Crippen molar-refractivity contribution in [1.29, 1.82) is 0 Å². The third-order valence-corrected chi connectivity index (χ3v) is 4.76. The first kappa shape index (κ1) is 18.1. The van der Waals surface area contributed by atoms with E-state index >= 15 is 0 Å². The van der Waals surface area contributed by atoms with Gasteiger partial charge in [0.1, 0.15) is 0 Å². The molecule has 2 amide bonds. The van der Waals surface area contributed by atoms with E-state index < -0.39 is 0 Å². The fraction of sp³-hybridized carbons (Fsp3) is 0.381. The van der Waals surface area contributed by atoms with Gasteiger partial charge in [-0.25, -0.2) is 0 Å². The van der Waals surface area contributed by atoms with Gasteiger partial charge in [0.25, 0.3) is 0 Å². The van der Waals surface area contributed by atoms with Crippen molar-refractivity contribution < 1.29 is 9.59 Å². The molecule has 1 saturated heterocycles. The van der Waals surface area contributed by atoms with E-state index in [1.54, 1.807) is 0 Å². The van der Waals surface area contributed by atoms with Crippen LogP contribution < -0.4 is 5.32 Å². The van der Waals surface area contributed by atoms with E-state index in [0.717, 1.165) is 36.3 Å². The van der Waals surface area contributed by atoms with Crippen LogP contribution in [0.25, 0.3) is 11.1 Å². The van der Waals surface area contributed by atoms with Crippen LogP contribution in [0.15, 0.2) is 42.5 Å². The maximum absolute atomic E-state index is 12.3. The van der Waals surface area contributed by atoms with Crippen molar-refractivity contribution in [1.82, 2.24) is 15.2 Å². The van der Waals surface area contributed by atoms with E-state index in [2.05, 4.69) is 29.6 Å². The number of piperidine rings is 1. The summed E-state index contributed by atoms with van der Waals surface area (Å²) >= 11 is 0. The van der Waals surface area contributed by atoms with Crippen LogP contribution in [-0.2, 0) is 9.59 Å². The lowest BCUT2D eigenvalue weighted by Gasteiger charge is -2.33. The standard InChI is InChI=1S/C21H25N3O2/c1-15-11-19(17-7-4-3-5-8-17)12-20(23-15)18-9-6-10-24(14-18)21(26)13-22-16(2)25/h3-5,7-8,11-12,18H,6,9-10,13-14H2,1-2H3,(H,22,25). The maximum atomic E-state index is 12.3. The first-order valence-corrected chi connectivity index (χ1v) is 9.09. The molecule has 1 aliphatic rings. The van der Waals surface area contributed by atoms with Crippen LogP contribution in [0.4, 0.5) is 0 Å². The molecule has 136 valence electrons. The molecular formula is C21H25N3O2. The smallest absolute Gasteiger partial charge is 0.241 e. The molecule has 0 spiro atoms. The van der Waals surface area contributed by atoms with Crippen LogP contribution in [-0.4, -0.2) is 41.3 Å². The van der Waals surface area contributed by atoms with Crippen LogP contribution in [0, 0.1) is 6.92 Å². The number of hydrogen-bond donors (Lipinski definition) is 1. The van der Waals surface area contributed by atoms with Gasteiger partial charge >= 0.3 is 0 Å². The molecule has 0 radical (unpaired) electrons. The zero-order chi connectivity index (χ0) is 18.5. The molecule has 5 heteroatoms. The highest BCUT2D eigenvalue weighted by Crippen LogP contribution is 2.29. The molecule has 5 nitrogen and oxygen atoms in total. The van der Waals surface area contributed by atoms with Crippen molar-refractivity contribution in [3.8, 4) is 11.1 Å². The van der Waals surface area contributed by atoms with Gasteiger partial charge < -0.3 is 10.2 Å². The van der Waals surface area contributed by atoms with E-state index in [1.165, 1.54) is 12.5 Å². The summed E-state index contributed by atoms with van der Waals surface area (Å²) in [5, 5.41) is 2.59. The van der Waals surface area contributed by atoms with Gasteiger partial charge in [0.2, 0.25) is 11.8 Å².